The fourth-order valence-electron chi connectivity index (χ4n) is 3.82. The van der Waals surface area contributed by atoms with Crippen LogP contribution in [-0.4, -0.2) is 62.1 Å². The third-order valence-electron chi connectivity index (χ3n) is 5.38. The smallest absolute Gasteiger partial charge is 0.198 e. The molecule has 0 N–H and O–H groups in total. The van der Waals surface area contributed by atoms with Crippen molar-refractivity contribution in [2.45, 2.75) is 19.9 Å². The van der Waals surface area contributed by atoms with Crippen LogP contribution in [0.4, 0.5) is 10.1 Å². The summed E-state index contributed by atoms with van der Waals surface area (Å²) in [6.07, 6.45) is 3.15. The predicted octanol–water partition coefficient (Wildman–Crippen LogP) is 2.22. The van der Waals surface area contributed by atoms with Gasteiger partial charge in [0.05, 0.1) is 28.7 Å². The molecular formula is C20H25FN4O3. The minimum Gasteiger partial charge on any atom is -0.487 e. The van der Waals surface area contributed by atoms with Crippen LogP contribution in [0.3, 0.4) is 0 Å². The maximum absolute atomic E-state index is 15.2. The van der Waals surface area contributed by atoms with E-state index >= 15 is 4.39 Å². The van der Waals surface area contributed by atoms with E-state index in [2.05, 4.69) is 17.1 Å². The number of ether oxygens (including phenoxy) is 1. The Bertz CT molecular complexity index is 980. The van der Waals surface area contributed by atoms with Crippen molar-refractivity contribution in [2.24, 2.45) is 5.16 Å². The molecule has 0 amide bonds. The number of anilines is 1. The van der Waals surface area contributed by atoms with Crippen LogP contribution < -0.4 is 15.1 Å². The van der Waals surface area contributed by atoms with Crippen molar-refractivity contribution in [1.82, 2.24) is 9.47 Å². The van der Waals surface area contributed by atoms with Gasteiger partial charge in [0.1, 0.15) is 18.9 Å². The summed E-state index contributed by atoms with van der Waals surface area (Å²) in [4.78, 5) is 22.2. The van der Waals surface area contributed by atoms with Crippen LogP contribution in [0.5, 0.6) is 5.75 Å². The molecule has 7 nitrogen and oxygen atoms in total. The van der Waals surface area contributed by atoms with Crippen molar-refractivity contribution in [2.75, 3.05) is 51.3 Å². The summed E-state index contributed by atoms with van der Waals surface area (Å²) >= 11 is 0. The molecule has 28 heavy (non-hydrogen) atoms. The van der Waals surface area contributed by atoms with E-state index in [1.165, 1.54) is 12.3 Å². The lowest BCUT2D eigenvalue weighted by atomic mass is 10.1. The first-order valence-electron chi connectivity index (χ1n) is 9.64. The molecule has 1 atom stereocenters. The molecule has 0 saturated carbocycles. The second-order valence-corrected chi connectivity index (χ2v) is 7.36. The summed E-state index contributed by atoms with van der Waals surface area (Å²) in [5.41, 5.74) is 1.19. The van der Waals surface area contributed by atoms with Gasteiger partial charge in [-0.05, 0) is 27.0 Å². The highest BCUT2D eigenvalue weighted by atomic mass is 19.1. The minimum absolute atomic E-state index is 0.0145. The lowest BCUT2D eigenvalue weighted by Crippen LogP contribution is -2.45. The molecule has 0 radical (unpaired) electrons. The second-order valence-electron chi connectivity index (χ2n) is 7.36. The van der Waals surface area contributed by atoms with Gasteiger partial charge in [-0.15, -0.1) is 0 Å². The number of aromatic nitrogens is 1. The number of pyridine rings is 1. The zero-order valence-electron chi connectivity index (χ0n) is 16.4. The highest BCUT2D eigenvalue weighted by Crippen LogP contribution is 2.41. The Kier molecular flexibility index (Phi) is 4.97. The number of oxime groups is 1. The first-order valence-corrected chi connectivity index (χ1v) is 9.64. The third-order valence-corrected chi connectivity index (χ3v) is 5.38. The summed E-state index contributed by atoms with van der Waals surface area (Å²) in [6, 6.07) is 1.35. The molecule has 1 aromatic carbocycles. The summed E-state index contributed by atoms with van der Waals surface area (Å²) < 4.78 is 23.1. The Hall–Kier alpha value is -2.61. The molecule has 1 aromatic heterocycles. The molecule has 1 fully saturated rings. The van der Waals surface area contributed by atoms with Crippen LogP contribution in [0.2, 0.25) is 0 Å². The fourth-order valence-corrected chi connectivity index (χ4v) is 3.82. The number of hydrogen-bond donors (Lipinski definition) is 0. The molecule has 2 aromatic rings. The number of halogens is 1. The number of hydrogen-bond acceptors (Lipinski definition) is 6. The number of benzene rings is 1. The van der Waals surface area contributed by atoms with Crippen molar-refractivity contribution >= 4 is 22.8 Å². The van der Waals surface area contributed by atoms with Crippen molar-refractivity contribution in [3.8, 4) is 5.75 Å². The van der Waals surface area contributed by atoms with Crippen LogP contribution in [-0.2, 0) is 4.84 Å². The van der Waals surface area contributed by atoms with Crippen LogP contribution in [0, 0.1) is 5.82 Å². The van der Waals surface area contributed by atoms with Gasteiger partial charge >= 0.3 is 0 Å². The maximum atomic E-state index is 15.2. The summed E-state index contributed by atoms with van der Waals surface area (Å²) in [5, 5.41) is 4.12. The predicted molar refractivity (Wildman–Crippen MR) is 107 cm³/mol. The molecule has 0 bridgehead atoms. The van der Waals surface area contributed by atoms with Gasteiger partial charge in [0, 0.05) is 32.4 Å². The monoisotopic (exact) mass is 388 g/mol. The fraction of sp³-hybridized carbons (Fsp3) is 0.500. The Labute approximate surface area is 162 Å². The van der Waals surface area contributed by atoms with Crippen molar-refractivity contribution in [1.29, 1.82) is 0 Å². The van der Waals surface area contributed by atoms with Gasteiger partial charge in [0.25, 0.3) is 0 Å². The normalized spacial score (nSPS) is 20.0. The van der Waals surface area contributed by atoms with Gasteiger partial charge in [-0.2, -0.15) is 0 Å². The van der Waals surface area contributed by atoms with Gasteiger partial charge in [-0.1, -0.05) is 5.16 Å². The lowest BCUT2D eigenvalue weighted by Gasteiger charge is -2.37. The summed E-state index contributed by atoms with van der Waals surface area (Å²) in [5.74, 6) is 0.0344. The Balaban J connectivity index is 1.91. The van der Waals surface area contributed by atoms with E-state index in [1.807, 2.05) is 23.3 Å². The van der Waals surface area contributed by atoms with E-state index in [1.54, 1.807) is 6.20 Å². The topological polar surface area (TPSA) is 59.3 Å². The van der Waals surface area contributed by atoms with E-state index in [0.717, 1.165) is 13.1 Å². The SMILES string of the molecule is CCO/N=C/c1cn2c3c(c(N4CCN(C)CC4)c(F)cc3c1=O)OC[C@@H]2C. The number of rotatable bonds is 4. The van der Waals surface area contributed by atoms with E-state index in [9.17, 15) is 4.79 Å². The Morgan fingerprint density at radius 2 is 2.11 bits per heavy atom. The van der Waals surface area contributed by atoms with Crippen LogP contribution in [0.1, 0.15) is 25.5 Å². The summed E-state index contributed by atoms with van der Waals surface area (Å²) in [6.45, 7) is 7.79. The first kappa shape index (κ1) is 18.7. The van der Waals surface area contributed by atoms with E-state index in [4.69, 9.17) is 9.57 Å². The minimum atomic E-state index is -0.427. The van der Waals surface area contributed by atoms with Gasteiger partial charge in [0.2, 0.25) is 0 Å². The van der Waals surface area contributed by atoms with Crippen LogP contribution >= 0.6 is 0 Å². The molecule has 0 unspecified atom stereocenters. The molecule has 3 heterocycles. The molecule has 150 valence electrons. The molecule has 1 saturated heterocycles. The van der Waals surface area contributed by atoms with Crippen molar-refractivity contribution < 1.29 is 14.0 Å². The maximum Gasteiger partial charge on any atom is 0.198 e. The largest absolute Gasteiger partial charge is 0.487 e. The standard InChI is InChI=1S/C20H25FN4O3/c1-4-28-22-10-14-11-25-13(2)12-27-20-17(25)15(19(14)26)9-16(21)18(20)24-7-5-23(3)6-8-24/h9-11,13H,4-8,12H2,1-3H3/b22-10+/t13-/m0/s1. The molecule has 8 heteroatoms. The molecule has 4 rings (SSSR count). The molecule has 2 aliphatic heterocycles. The zero-order chi connectivity index (χ0) is 19.8. The van der Waals surface area contributed by atoms with Crippen molar-refractivity contribution in [3.05, 3.63) is 33.9 Å². The van der Waals surface area contributed by atoms with Gasteiger partial charge < -0.3 is 23.9 Å². The van der Waals surface area contributed by atoms with Gasteiger partial charge in [-0.3, -0.25) is 4.79 Å². The highest BCUT2D eigenvalue weighted by molar-refractivity contribution is 5.95. The van der Waals surface area contributed by atoms with E-state index in [0.29, 0.717) is 54.2 Å². The highest BCUT2D eigenvalue weighted by Gasteiger charge is 2.29. The quantitative estimate of drug-likeness (QED) is 0.594. The number of nitrogens with zero attached hydrogens (tertiary/aromatic N) is 4. The number of piperazine rings is 1. The second kappa shape index (κ2) is 7.43. The molecular weight excluding hydrogens is 363 g/mol. The van der Waals surface area contributed by atoms with E-state index < -0.39 is 5.82 Å². The lowest BCUT2D eigenvalue weighted by molar-refractivity contribution is 0.160. The molecule has 0 aliphatic carbocycles. The molecule has 0 spiro atoms. The average Bonchev–Trinajstić information content (AvgIpc) is 2.68. The van der Waals surface area contributed by atoms with Crippen molar-refractivity contribution in [3.63, 3.8) is 0 Å². The zero-order valence-corrected chi connectivity index (χ0v) is 16.4. The van der Waals surface area contributed by atoms with Gasteiger partial charge in [-0.25, -0.2) is 4.39 Å². The first-order chi connectivity index (χ1) is 13.5. The molecule has 2 aliphatic rings. The Morgan fingerprint density at radius 1 is 1.36 bits per heavy atom. The van der Waals surface area contributed by atoms with E-state index in [-0.39, 0.29) is 11.5 Å². The average molecular weight is 388 g/mol. The number of likely N-dealkylation sites (N-methyl/N-ethyl adjacent to an activating group) is 1. The third kappa shape index (κ3) is 3.11. The Morgan fingerprint density at radius 3 is 2.82 bits per heavy atom. The summed E-state index contributed by atoms with van der Waals surface area (Å²) in [7, 11) is 2.05. The van der Waals surface area contributed by atoms with Crippen LogP contribution in [0.15, 0.2) is 22.2 Å². The van der Waals surface area contributed by atoms with Crippen LogP contribution in [0.25, 0.3) is 10.9 Å². The van der Waals surface area contributed by atoms with Gasteiger partial charge in [0.15, 0.2) is 17.0 Å².